The van der Waals surface area contributed by atoms with Gasteiger partial charge in [0.25, 0.3) is 0 Å². The maximum atomic E-state index is 5.80. The summed E-state index contributed by atoms with van der Waals surface area (Å²) in [6.45, 7) is 3.70. The average molecular weight is 312 g/mol. The average Bonchev–Trinajstić information content (AvgIpc) is 3.28. The Hall–Kier alpha value is -2.34. The summed E-state index contributed by atoms with van der Waals surface area (Å²) >= 11 is 0. The second kappa shape index (κ2) is 6.04. The van der Waals surface area contributed by atoms with E-state index in [4.69, 9.17) is 9.15 Å². The van der Waals surface area contributed by atoms with Crippen molar-refractivity contribution in [1.29, 1.82) is 0 Å². The van der Waals surface area contributed by atoms with Gasteiger partial charge in [0.2, 0.25) is 5.89 Å². The molecule has 2 atom stereocenters. The molecule has 4 rings (SSSR count). The first kappa shape index (κ1) is 14.3. The van der Waals surface area contributed by atoms with E-state index in [-0.39, 0.29) is 12.1 Å². The smallest absolute Gasteiger partial charge is 0.217 e. The van der Waals surface area contributed by atoms with Crippen LogP contribution in [0, 0.1) is 0 Å². The first-order chi connectivity index (χ1) is 11.3. The molecule has 0 unspecified atom stereocenters. The number of aromatic nitrogens is 3. The molecule has 3 heterocycles. The fourth-order valence-corrected chi connectivity index (χ4v) is 2.92. The van der Waals surface area contributed by atoms with E-state index < -0.39 is 0 Å². The first-order valence-electron chi connectivity index (χ1n) is 8.04. The van der Waals surface area contributed by atoms with Gasteiger partial charge in [0.05, 0.1) is 24.5 Å². The summed E-state index contributed by atoms with van der Waals surface area (Å²) in [4.78, 5) is 4.52. The number of ether oxygens (including phenoxy) is 1. The lowest BCUT2D eigenvalue weighted by molar-refractivity contribution is 0.0940. The van der Waals surface area contributed by atoms with Gasteiger partial charge in [-0.2, -0.15) is 5.10 Å². The molecule has 6 heteroatoms. The van der Waals surface area contributed by atoms with Crippen molar-refractivity contribution in [2.45, 2.75) is 38.5 Å². The van der Waals surface area contributed by atoms with Crippen LogP contribution in [-0.4, -0.2) is 27.5 Å². The summed E-state index contributed by atoms with van der Waals surface area (Å²) in [7, 11) is 0. The van der Waals surface area contributed by atoms with Gasteiger partial charge in [-0.1, -0.05) is 12.1 Å². The predicted octanol–water partition coefficient (Wildman–Crippen LogP) is 3.38. The number of rotatable bonds is 5. The molecule has 0 spiro atoms. The summed E-state index contributed by atoms with van der Waals surface area (Å²) in [6.07, 6.45) is 6.38. The normalized spacial score (nSPS) is 19.3. The van der Waals surface area contributed by atoms with Crippen LogP contribution in [-0.2, 0) is 11.3 Å². The molecule has 23 heavy (non-hydrogen) atoms. The van der Waals surface area contributed by atoms with E-state index in [0.29, 0.717) is 5.89 Å². The quantitative estimate of drug-likeness (QED) is 0.782. The van der Waals surface area contributed by atoms with E-state index in [0.717, 1.165) is 42.8 Å². The minimum absolute atomic E-state index is 0.0252. The summed E-state index contributed by atoms with van der Waals surface area (Å²) in [6, 6.07) is 7.77. The van der Waals surface area contributed by atoms with Crippen LogP contribution in [0.2, 0.25) is 0 Å². The van der Waals surface area contributed by atoms with Crippen LogP contribution in [0.5, 0.6) is 0 Å². The molecule has 1 aromatic carbocycles. The highest BCUT2D eigenvalue weighted by molar-refractivity contribution is 5.72. The molecule has 120 valence electrons. The summed E-state index contributed by atoms with van der Waals surface area (Å²) < 4.78 is 13.4. The number of fused-ring (bicyclic) bond motifs is 1. The molecule has 0 radical (unpaired) electrons. The fourth-order valence-electron chi connectivity index (χ4n) is 2.92. The van der Waals surface area contributed by atoms with Crippen molar-refractivity contribution in [3.63, 3.8) is 0 Å². The largest absolute Gasteiger partial charge is 0.438 e. The van der Waals surface area contributed by atoms with E-state index >= 15 is 0 Å². The number of oxazole rings is 1. The van der Waals surface area contributed by atoms with Gasteiger partial charge < -0.3 is 14.5 Å². The zero-order valence-corrected chi connectivity index (χ0v) is 13.1. The highest BCUT2D eigenvalue weighted by Crippen LogP contribution is 2.23. The van der Waals surface area contributed by atoms with Gasteiger partial charge in [0.15, 0.2) is 5.58 Å². The second-order valence-electron chi connectivity index (χ2n) is 5.97. The SMILES string of the molecule is C[C@H](Nc1cnn(C[C@@H]2CCCO2)c1)c1nc2ccccc2o1. The molecule has 6 nitrogen and oxygen atoms in total. The number of hydrogen-bond acceptors (Lipinski definition) is 5. The van der Waals surface area contributed by atoms with Gasteiger partial charge in [0.1, 0.15) is 11.6 Å². The Morgan fingerprint density at radius 2 is 2.30 bits per heavy atom. The Labute approximate surface area is 134 Å². The van der Waals surface area contributed by atoms with Crippen LogP contribution < -0.4 is 5.32 Å². The molecular formula is C17H20N4O2. The third-order valence-corrected chi connectivity index (χ3v) is 4.11. The number of nitrogens with zero attached hydrogens (tertiary/aromatic N) is 3. The maximum Gasteiger partial charge on any atom is 0.217 e. The van der Waals surface area contributed by atoms with Crippen molar-refractivity contribution in [3.05, 3.63) is 42.5 Å². The zero-order chi connectivity index (χ0) is 15.6. The van der Waals surface area contributed by atoms with Crippen molar-refractivity contribution in [2.75, 3.05) is 11.9 Å². The zero-order valence-electron chi connectivity index (χ0n) is 13.1. The van der Waals surface area contributed by atoms with E-state index in [1.54, 1.807) is 0 Å². The molecule has 3 aromatic rings. The molecule has 1 saturated heterocycles. The van der Waals surface area contributed by atoms with Crippen molar-refractivity contribution in [3.8, 4) is 0 Å². The Bertz CT molecular complexity index is 756. The Balaban J connectivity index is 1.43. The molecule has 1 aliphatic heterocycles. The maximum absolute atomic E-state index is 5.80. The lowest BCUT2D eigenvalue weighted by atomic mass is 10.2. The predicted molar refractivity (Wildman–Crippen MR) is 87.2 cm³/mol. The molecular weight excluding hydrogens is 292 g/mol. The monoisotopic (exact) mass is 312 g/mol. The Morgan fingerprint density at radius 3 is 3.13 bits per heavy atom. The Kier molecular flexibility index (Phi) is 3.75. The molecule has 0 bridgehead atoms. The van der Waals surface area contributed by atoms with E-state index in [1.807, 2.05) is 48.3 Å². The lowest BCUT2D eigenvalue weighted by Crippen LogP contribution is -2.15. The van der Waals surface area contributed by atoms with Crippen molar-refractivity contribution in [2.24, 2.45) is 0 Å². The van der Waals surface area contributed by atoms with Gasteiger partial charge >= 0.3 is 0 Å². The van der Waals surface area contributed by atoms with Crippen LogP contribution in [0.3, 0.4) is 0 Å². The van der Waals surface area contributed by atoms with E-state index in [1.165, 1.54) is 0 Å². The highest BCUT2D eigenvalue weighted by Gasteiger charge is 2.17. The summed E-state index contributed by atoms with van der Waals surface area (Å²) in [5.41, 5.74) is 2.65. The second-order valence-corrected chi connectivity index (χ2v) is 5.97. The van der Waals surface area contributed by atoms with Gasteiger partial charge in [-0.25, -0.2) is 4.98 Å². The van der Waals surface area contributed by atoms with Crippen molar-refractivity contribution >= 4 is 16.8 Å². The number of hydrogen-bond donors (Lipinski definition) is 1. The summed E-state index contributed by atoms with van der Waals surface area (Å²) in [5.74, 6) is 0.679. The molecule has 1 aliphatic rings. The topological polar surface area (TPSA) is 65.1 Å². The van der Waals surface area contributed by atoms with Gasteiger partial charge in [-0.15, -0.1) is 0 Å². The number of para-hydroxylation sites is 2. The van der Waals surface area contributed by atoms with Crippen molar-refractivity contribution in [1.82, 2.24) is 14.8 Å². The molecule has 2 aromatic heterocycles. The van der Waals surface area contributed by atoms with Crippen LogP contribution in [0.4, 0.5) is 5.69 Å². The first-order valence-corrected chi connectivity index (χ1v) is 8.04. The Morgan fingerprint density at radius 1 is 1.39 bits per heavy atom. The third-order valence-electron chi connectivity index (χ3n) is 4.11. The number of benzene rings is 1. The molecule has 0 amide bonds. The van der Waals surface area contributed by atoms with Gasteiger partial charge in [-0.3, -0.25) is 4.68 Å². The highest BCUT2D eigenvalue weighted by atomic mass is 16.5. The van der Waals surface area contributed by atoms with Crippen molar-refractivity contribution < 1.29 is 9.15 Å². The summed E-state index contributed by atoms with van der Waals surface area (Å²) in [5, 5.41) is 7.78. The fraction of sp³-hybridized carbons (Fsp3) is 0.412. The van der Waals surface area contributed by atoms with Crippen LogP contribution in [0.15, 0.2) is 41.1 Å². The lowest BCUT2D eigenvalue weighted by Gasteiger charge is -2.10. The molecule has 0 aliphatic carbocycles. The molecule has 1 N–H and O–H groups in total. The van der Waals surface area contributed by atoms with E-state index in [2.05, 4.69) is 15.4 Å². The minimum atomic E-state index is -0.0252. The molecule has 1 fully saturated rings. The van der Waals surface area contributed by atoms with E-state index in [9.17, 15) is 0 Å². The number of anilines is 1. The minimum Gasteiger partial charge on any atom is -0.438 e. The standard InChI is InChI=1S/C17H20N4O2/c1-12(17-20-15-6-2-3-7-16(15)23-17)19-13-9-18-21(10-13)11-14-5-4-8-22-14/h2-3,6-7,9-10,12,14,19H,4-5,8,11H2,1H3/t12-,14-/m0/s1. The van der Waals surface area contributed by atoms with Gasteiger partial charge in [0, 0.05) is 12.8 Å². The third kappa shape index (κ3) is 3.07. The molecule has 0 saturated carbocycles. The van der Waals surface area contributed by atoms with Crippen LogP contribution >= 0.6 is 0 Å². The van der Waals surface area contributed by atoms with Gasteiger partial charge in [-0.05, 0) is 31.9 Å². The van der Waals surface area contributed by atoms with Crippen LogP contribution in [0.25, 0.3) is 11.1 Å². The van der Waals surface area contributed by atoms with Crippen LogP contribution in [0.1, 0.15) is 31.7 Å². The number of nitrogens with one attached hydrogen (secondary N) is 1.